The molecule has 2 aromatic carbocycles. The van der Waals surface area contributed by atoms with E-state index in [0.717, 1.165) is 49.8 Å². The highest BCUT2D eigenvalue weighted by molar-refractivity contribution is 5.84. The Bertz CT molecular complexity index is 1070. The predicted octanol–water partition coefficient (Wildman–Crippen LogP) is 5.40. The fourth-order valence-electron chi connectivity index (χ4n) is 4.67. The average molecular weight is 436 g/mol. The van der Waals surface area contributed by atoms with Crippen molar-refractivity contribution in [3.63, 3.8) is 0 Å². The Morgan fingerprint density at radius 1 is 1.06 bits per heavy atom. The molecule has 5 nitrogen and oxygen atoms in total. The summed E-state index contributed by atoms with van der Waals surface area (Å²) >= 11 is 0. The van der Waals surface area contributed by atoms with Gasteiger partial charge in [0.25, 0.3) is 0 Å². The first-order valence-corrected chi connectivity index (χ1v) is 11.7. The zero-order valence-corrected chi connectivity index (χ0v) is 19.1. The van der Waals surface area contributed by atoms with Gasteiger partial charge in [0.2, 0.25) is 0 Å². The third kappa shape index (κ3) is 5.33. The molecule has 1 saturated heterocycles. The van der Waals surface area contributed by atoms with E-state index in [0.29, 0.717) is 29.6 Å². The molecular formula is C27H33NO4. The van der Waals surface area contributed by atoms with E-state index < -0.39 is 0 Å². The van der Waals surface area contributed by atoms with Crippen LogP contribution in [-0.4, -0.2) is 38.3 Å². The van der Waals surface area contributed by atoms with Gasteiger partial charge in [0, 0.05) is 24.1 Å². The van der Waals surface area contributed by atoms with Gasteiger partial charge in [0.15, 0.2) is 11.5 Å². The molecule has 5 heteroatoms. The maximum Gasteiger partial charge on any atom is 0.336 e. The van der Waals surface area contributed by atoms with Gasteiger partial charge < -0.3 is 18.8 Å². The molecule has 3 aromatic rings. The van der Waals surface area contributed by atoms with Crippen LogP contribution in [0.4, 0.5) is 0 Å². The lowest BCUT2D eigenvalue weighted by atomic mass is 9.89. The molecular weight excluding hydrogens is 402 g/mol. The summed E-state index contributed by atoms with van der Waals surface area (Å²) in [6, 6.07) is 16.2. The number of rotatable bonds is 9. The standard InChI is InChI=1S/C27H33NO4/c1-3-8-22-17-27(29)32-24-19-25(30-2)26(18-23(22)24)31-16-7-13-28-14-11-21(12-15-28)20-9-5-4-6-10-20/h4-6,9-10,17-19,21H,3,7-8,11-16H2,1-2H3. The number of nitrogens with zero attached hydrogens (tertiary/aromatic N) is 1. The number of aryl methyl sites for hydroxylation is 1. The number of methoxy groups -OCH3 is 1. The van der Waals surface area contributed by atoms with Gasteiger partial charge in [-0.1, -0.05) is 43.7 Å². The third-order valence-corrected chi connectivity index (χ3v) is 6.37. The minimum Gasteiger partial charge on any atom is -0.493 e. The molecule has 1 fully saturated rings. The van der Waals surface area contributed by atoms with Crippen LogP contribution < -0.4 is 15.1 Å². The molecule has 0 aliphatic carbocycles. The van der Waals surface area contributed by atoms with Crippen molar-refractivity contribution in [3.8, 4) is 11.5 Å². The summed E-state index contributed by atoms with van der Waals surface area (Å²) in [7, 11) is 1.61. The van der Waals surface area contributed by atoms with Crippen molar-refractivity contribution in [1.82, 2.24) is 4.90 Å². The largest absolute Gasteiger partial charge is 0.493 e. The predicted molar refractivity (Wildman–Crippen MR) is 128 cm³/mol. The quantitative estimate of drug-likeness (QED) is 0.333. The van der Waals surface area contributed by atoms with Crippen molar-refractivity contribution >= 4 is 11.0 Å². The highest BCUT2D eigenvalue weighted by Gasteiger charge is 2.20. The lowest BCUT2D eigenvalue weighted by Crippen LogP contribution is -2.34. The first-order chi connectivity index (χ1) is 15.7. The summed E-state index contributed by atoms with van der Waals surface area (Å²) in [5.74, 6) is 1.98. The first kappa shape index (κ1) is 22.4. The van der Waals surface area contributed by atoms with Crippen LogP contribution in [0.2, 0.25) is 0 Å². The van der Waals surface area contributed by atoms with Crippen LogP contribution >= 0.6 is 0 Å². The summed E-state index contributed by atoms with van der Waals surface area (Å²) in [4.78, 5) is 14.4. The minimum absolute atomic E-state index is 0.326. The number of hydrogen-bond acceptors (Lipinski definition) is 5. The second-order valence-electron chi connectivity index (χ2n) is 8.57. The molecule has 0 radical (unpaired) electrons. The van der Waals surface area contributed by atoms with E-state index in [4.69, 9.17) is 13.9 Å². The molecule has 1 aliphatic rings. The highest BCUT2D eigenvalue weighted by atomic mass is 16.5. The second-order valence-corrected chi connectivity index (χ2v) is 8.57. The molecule has 4 rings (SSSR count). The maximum atomic E-state index is 11.9. The molecule has 170 valence electrons. The number of ether oxygens (including phenoxy) is 2. The van der Waals surface area contributed by atoms with Crippen LogP contribution in [0, 0.1) is 0 Å². The van der Waals surface area contributed by atoms with Gasteiger partial charge in [-0.25, -0.2) is 4.79 Å². The fraction of sp³-hybridized carbons (Fsp3) is 0.444. The van der Waals surface area contributed by atoms with E-state index in [-0.39, 0.29) is 5.63 Å². The number of likely N-dealkylation sites (tertiary alicyclic amines) is 1. The topological polar surface area (TPSA) is 51.9 Å². The Kier molecular flexibility index (Phi) is 7.48. The summed E-state index contributed by atoms with van der Waals surface area (Å²) in [5, 5.41) is 0.922. The Morgan fingerprint density at radius 3 is 2.56 bits per heavy atom. The Morgan fingerprint density at radius 2 is 1.84 bits per heavy atom. The SMILES string of the molecule is CCCc1cc(=O)oc2cc(OC)c(OCCCN3CCC(c4ccccc4)CC3)cc12. The molecule has 2 heterocycles. The van der Waals surface area contributed by atoms with Crippen LogP contribution in [0.25, 0.3) is 11.0 Å². The number of fused-ring (bicyclic) bond motifs is 1. The van der Waals surface area contributed by atoms with E-state index in [1.54, 1.807) is 19.2 Å². The fourth-order valence-corrected chi connectivity index (χ4v) is 4.67. The van der Waals surface area contributed by atoms with Crippen LogP contribution in [0.15, 0.2) is 57.7 Å². The first-order valence-electron chi connectivity index (χ1n) is 11.7. The molecule has 1 aromatic heterocycles. The van der Waals surface area contributed by atoms with E-state index in [1.165, 1.54) is 18.4 Å². The van der Waals surface area contributed by atoms with Gasteiger partial charge in [-0.15, -0.1) is 0 Å². The molecule has 0 unspecified atom stereocenters. The van der Waals surface area contributed by atoms with Gasteiger partial charge in [-0.3, -0.25) is 0 Å². The van der Waals surface area contributed by atoms with Gasteiger partial charge in [0.1, 0.15) is 5.58 Å². The number of piperidine rings is 1. The van der Waals surface area contributed by atoms with E-state index in [9.17, 15) is 4.79 Å². The maximum absolute atomic E-state index is 11.9. The molecule has 0 amide bonds. The van der Waals surface area contributed by atoms with Crippen LogP contribution in [0.5, 0.6) is 11.5 Å². The van der Waals surface area contributed by atoms with Gasteiger partial charge in [0.05, 0.1) is 13.7 Å². The number of hydrogen-bond donors (Lipinski definition) is 0. The molecule has 0 spiro atoms. The van der Waals surface area contributed by atoms with Crippen molar-refractivity contribution in [2.24, 2.45) is 0 Å². The van der Waals surface area contributed by atoms with Crippen LogP contribution in [-0.2, 0) is 6.42 Å². The minimum atomic E-state index is -0.326. The molecule has 32 heavy (non-hydrogen) atoms. The molecule has 0 saturated carbocycles. The monoisotopic (exact) mass is 435 g/mol. The lowest BCUT2D eigenvalue weighted by molar-refractivity contribution is 0.191. The van der Waals surface area contributed by atoms with E-state index in [2.05, 4.69) is 42.2 Å². The normalized spacial score (nSPS) is 15.2. The van der Waals surface area contributed by atoms with Gasteiger partial charge >= 0.3 is 5.63 Å². The summed E-state index contributed by atoms with van der Waals surface area (Å²) in [6.07, 6.45) is 5.18. The molecule has 0 atom stereocenters. The zero-order chi connectivity index (χ0) is 22.3. The van der Waals surface area contributed by atoms with Gasteiger partial charge in [-0.05, 0) is 61.9 Å². The molecule has 0 bridgehead atoms. The van der Waals surface area contributed by atoms with Crippen molar-refractivity contribution in [2.75, 3.05) is 33.4 Å². The highest BCUT2D eigenvalue weighted by Crippen LogP contribution is 2.34. The zero-order valence-electron chi connectivity index (χ0n) is 19.1. The van der Waals surface area contributed by atoms with Gasteiger partial charge in [-0.2, -0.15) is 0 Å². The van der Waals surface area contributed by atoms with Crippen molar-refractivity contribution in [2.45, 2.75) is 44.9 Å². The summed E-state index contributed by atoms with van der Waals surface area (Å²) in [5.41, 5.74) is 2.68. The van der Waals surface area contributed by atoms with Crippen molar-refractivity contribution < 1.29 is 13.9 Å². The second kappa shape index (κ2) is 10.7. The number of benzene rings is 2. The Balaban J connectivity index is 1.33. The van der Waals surface area contributed by atoms with Crippen LogP contribution in [0.1, 0.15) is 49.7 Å². The summed E-state index contributed by atoms with van der Waals surface area (Å²) in [6.45, 7) is 6.04. The van der Waals surface area contributed by atoms with Crippen LogP contribution in [0.3, 0.4) is 0 Å². The Labute approximate surface area is 189 Å². The van der Waals surface area contributed by atoms with Crippen molar-refractivity contribution in [3.05, 3.63) is 70.1 Å². The third-order valence-electron chi connectivity index (χ3n) is 6.37. The van der Waals surface area contributed by atoms with E-state index in [1.807, 2.05) is 6.07 Å². The molecule has 0 N–H and O–H groups in total. The Hall–Kier alpha value is -2.79. The van der Waals surface area contributed by atoms with Crippen molar-refractivity contribution in [1.29, 1.82) is 0 Å². The smallest absolute Gasteiger partial charge is 0.336 e. The summed E-state index contributed by atoms with van der Waals surface area (Å²) < 4.78 is 17.0. The lowest BCUT2D eigenvalue weighted by Gasteiger charge is -2.32. The van der Waals surface area contributed by atoms with E-state index >= 15 is 0 Å². The average Bonchev–Trinajstić information content (AvgIpc) is 2.82. The molecule has 1 aliphatic heterocycles.